The highest BCUT2D eigenvalue weighted by molar-refractivity contribution is 9.10. The number of carboxylic acids is 1. The molecule has 2 amide bonds. The Kier molecular flexibility index (Phi) is 8.85. The molecular weight excluding hydrogens is 598 g/mol. The minimum Gasteiger partial charge on any atom is -0.489 e. The van der Waals surface area contributed by atoms with Crippen molar-refractivity contribution in [1.82, 2.24) is 15.2 Å². The van der Waals surface area contributed by atoms with Crippen molar-refractivity contribution in [3.05, 3.63) is 98.6 Å². The van der Waals surface area contributed by atoms with E-state index in [1.54, 1.807) is 42.5 Å². The molecule has 0 fully saturated rings. The predicted molar refractivity (Wildman–Crippen MR) is 157 cm³/mol. The van der Waals surface area contributed by atoms with E-state index in [1.807, 2.05) is 45.0 Å². The SMILES string of the molecule is CC(C)(C)NC(=O)C(c1c(C(=O)O)[nH]c2cc(Cl)ccc12)N(C=O)Cc1ccc(OCc2ccccc2Br)cc1. The van der Waals surface area contributed by atoms with Crippen LogP contribution < -0.4 is 10.1 Å². The van der Waals surface area contributed by atoms with Crippen LogP contribution in [-0.2, 0) is 22.7 Å². The zero-order chi connectivity index (χ0) is 29.0. The van der Waals surface area contributed by atoms with E-state index in [0.717, 1.165) is 15.6 Å². The van der Waals surface area contributed by atoms with E-state index < -0.39 is 23.5 Å². The summed E-state index contributed by atoms with van der Waals surface area (Å²) in [4.78, 5) is 42.6. The number of fused-ring (bicyclic) bond motifs is 1. The third kappa shape index (κ3) is 6.84. The first-order chi connectivity index (χ1) is 19.0. The maximum atomic E-state index is 13.7. The summed E-state index contributed by atoms with van der Waals surface area (Å²) < 4.78 is 6.85. The van der Waals surface area contributed by atoms with E-state index in [2.05, 4.69) is 26.2 Å². The second kappa shape index (κ2) is 12.1. The molecule has 0 aliphatic rings. The summed E-state index contributed by atoms with van der Waals surface area (Å²) in [6.45, 7) is 5.86. The van der Waals surface area contributed by atoms with Gasteiger partial charge >= 0.3 is 5.97 Å². The molecule has 0 spiro atoms. The summed E-state index contributed by atoms with van der Waals surface area (Å²) in [5, 5.41) is 13.8. The number of carbonyl (C=O) groups is 3. The van der Waals surface area contributed by atoms with Crippen molar-refractivity contribution in [2.75, 3.05) is 0 Å². The van der Waals surface area contributed by atoms with Gasteiger partial charge in [-0.25, -0.2) is 4.79 Å². The van der Waals surface area contributed by atoms with Crippen molar-refractivity contribution < 1.29 is 24.2 Å². The molecular formula is C30H29BrClN3O5. The molecule has 0 saturated heterocycles. The standard InChI is InChI=1S/C30H29BrClN3O5/c1-30(2,3)34-28(37)27(25-22-13-10-20(32)14-24(22)33-26(25)29(38)39)35(17-36)15-18-8-11-21(12-9-18)40-16-19-6-4-5-7-23(19)31/h4-14,17,27,33H,15-16H2,1-3H3,(H,34,37)(H,38,39). The number of aromatic nitrogens is 1. The monoisotopic (exact) mass is 625 g/mol. The van der Waals surface area contributed by atoms with Crippen molar-refractivity contribution in [3.63, 3.8) is 0 Å². The second-order valence-corrected chi connectivity index (χ2v) is 11.6. The maximum Gasteiger partial charge on any atom is 0.352 e. The van der Waals surface area contributed by atoms with Gasteiger partial charge in [-0.1, -0.05) is 63.9 Å². The quantitative estimate of drug-likeness (QED) is 0.175. The average molecular weight is 627 g/mol. The van der Waals surface area contributed by atoms with Gasteiger partial charge < -0.3 is 25.0 Å². The number of halogens is 2. The first-order valence-corrected chi connectivity index (χ1v) is 13.7. The number of rotatable bonds is 10. The molecule has 1 unspecified atom stereocenters. The van der Waals surface area contributed by atoms with Crippen LogP contribution >= 0.6 is 27.5 Å². The molecule has 40 heavy (non-hydrogen) atoms. The molecule has 0 aliphatic heterocycles. The first-order valence-electron chi connectivity index (χ1n) is 12.5. The topological polar surface area (TPSA) is 112 Å². The number of aromatic amines is 1. The van der Waals surface area contributed by atoms with Gasteiger partial charge in [0, 0.05) is 43.6 Å². The predicted octanol–water partition coefficient (Wildman–Crippen LogP) is 6.48. The number of nitrogens with zero attached hydrogens (tertiary/aromatic N) is 1. The minimum absolute atomic E-state index is 0.0512. The lowest BCUT2D eigenvalue weighted by Gasteiger charge is -2.31. The molecule has 0 saturated carbocycles. The van der Waals surface area contributed by atoms with Gasteiger partial charge in [0.25, 0.3) is 0 Å². The number of amides is 2. The van der Waals surface area contributed by atoms with E-state index >= 15 is 0 Å². The lowest BCUT2D eigenvalue weighted by molar-refractivity contribution is -0.134. The number of nitrogens with one attached hydrogen (secondary N) is 2. The van der Waals surface area contributed by atoms with Gasteiger partial charge in [-0.3, -0.25) is 9.59 Å². The number of carbonyl (C=O) groups excluding carboxylic acids is 2. The third-order valence-corrected chi connectivity index (χ3v) is 7.15. The Balaban J connectivity index is 1.66. The number of H-pyrrole nitrogens is 1. The molecule has 1 aromatic heterocycles. The van der Waals surface area contributed by atoms with E-state index in [1.165, 1.54) is 4.90 Å². The fourth-order valence-corrected chi connectivity index (χ4v) is 4.97. The van der Waals surface area contributed by atoms with Crippen molar-refractivity contribution in [1.29, 1.82) is 0 Å². The lowest BCUT2D eigenvalue weighted by atomic mass is 9.98. The molecule has 3 N–H and O–H groups in total. The third-order valence-electron chi connectivity index (χ3n) is 6.14. The summed E-state index contributed by atoms with van der Waals surface area (Å²) in [5.41, 5.74) is 1.55. The fraction of sp³-hybridized carbons (Fsp3) is 0.233. The van der Waals surface area contributed by atoms with Crippen LogP contribution in [0.2, 0.25) is 5.02 Å². The molecule has 208 valence electrons. The summed E-state index contributed by atoms with van der Waals surface area (Å²) >= 11 is 9.65. The molecule has 1 atom stereocenters. The Morgan fingerprint density at radius 1 is 1.12 bits per heavy atom. The van der Waals surface area contributed by atoms with Crippen LogP contribution in [0.15, 0.2) is 71.2 Å². The Hall–Kier alpha value is -3.82. The average Bonchev–Trinajstić information content (AvgIpc) is 3.26. The lowest BCUT2D eigenvalue weighted by Crippen LogP contribution is -2.47. The zero-order valence-electron chi connectivity index (χ0n) is 22.2. The van der Waals surface area contributed by atoms with Crippen LogP contribution in [-0.4, -0.2) is 38.8 Å². The van der Waals surface area contributed by atoms with Gasteiger partial charge in [0.1, 0.15) is 24.1 Å². The van der Waals surface area contributed by atoms with Crippen LogP contribution in [0.25, 0.3) is 10.9 Å². The van der Waals surface area contributed by atoms with Gasteiger partial charge in [-0.15, -0.1) is 0 Å². The van der Waals surface area contributed by atoms with Gasteiger partial charge in [0.15, 0.2) is 0 Å². The van der Waals surface area contributed by atoms with Crippen LogP contribution in [0.5, 0.6) is 5.75 Å². The summed E-state index contributed by atoms with van der Waals surface area (Å²) in [6, 6.07) is 18.6. The van der Waals surface area contributed by atoms with E-state index in [4.69, 9.17) is 16.3 Å². The highest BCUT2D eigenvalue weighted by Gasteiger charge is 2.35. The minimum atomic E-state index is -1.26. The number of carboxylic acid groups (broad SMARTS) is 1. The Bertz CT molecular complexity index is 1550. The Morgan fingerprint density at radius 3 is 2.45 bits per heavy atom. The van der Waals surface area contributed by atoms with Gasteiger partial charge in [-0.2, -0.15) is 0 Å². The number of benzene rings is 3. The smallest absolute Gasteiger partial charge is 0.352 e. The molecule has 4 aromatic rings. The Labute approximate surface area is 245 Å². The molecule has 0 aliphatic carbocycles. The number of ether oxygens (including phenoxy) is 1. The van der Waals surface area contributed by atoms with E-state index in [9.17, 15) is 19.5 Å². The van der Waals surface area contributed by atoms with E-state index in [-0.39, 0.29) is 17.8 Å². The highest BCUT2D eigenvalue weighted by Crippen LogP contribution is 2.34. The van der Waals surface area contributed by atoms with Crippen molar-refractivity contribution in [2.45, 2.75) is 45.5 Å². The number of hydrogen-bond donors (Lipinski definition) is 3. The normalized spacial score (nSPS) is 12.1. The van der Waals surface area contributed by atoms with Crippen LogP contribution in [0.1, 0.15) is 54.0 Å². The number of aromatic carboxylic acids is 1. The van der Waals surface area contributed by atoms with E-state index in [0.29, 0.717) is 34.7 Å². The van der Waals surface area contributed by atoms with Gasteiger partial charge in [0.2, 0.25) is 12.3 Å². The first kappa shape index (κ1) is 29.2. The van der Waals surface area contributed by atoms with Crippen LogP contribution in [0.4, 0.5) is 0 Å². The van der Waals surface area contributed by atoms with Crippen molar-refractivity contribution in [3.8, 4) is 5.75 Å². The number of hydrogen-bond acceptors (Lipinski definition) is 4. The van der Waals surface area contributed by atoms with Crippen molar-refractivity contribution in [2.24, 2.45) is 0 Å². The molecule has 4 rings (SSSR count). The summed E-state index contributed by atoms with van der Waals surface area (Å²) in [5.74, 6) is -1.12. The second-order valence-electron chi connectivity index (χ2n) is 10.4. The maximum absolute atomic E-state index is 13.7. The molecule has 8 nitrogen and oxygen atoms in total. The molecule has 10 heteroatoms. The van der Waals surface area contributed by atoms with Gasteiger partial charge in [-0.05, 0) is 56.7 Å². The molecule has 0 bridgehead atoms. The van der Waals surface area contributed by atoms with Gasteiger partial charge in [0.05, 0.1) is 0 Å². The largest absolute Gasteiger partial charge is 0.489 e. The van der Waals surface area contributed by atoms with Crippen LogP contribution in [0.3, 0.4) is 0 Å². The summed E-state index contributed by atoms with van der Waals surface area (Å²) in [7, 11) is 0. The molecule has 0 radical (unpaired) electrons. The Morgan fingerprint density at radius 2 is 1.82 bits per heavy atom. The highest BCUT2D eigenvalue weighted by atomic mass is 79.9. The zero-order valence-corrected chi connectivity index (χ0v) is 24.5. The molecule has 1 heterocycles. The molecule has 3 aromatic carbocycles. The summed E-state index contributed by atoms with van der Waals surface area (Å²) in [6.07, 6.45) is 0.560. The van der Waals surface area contributed by atoms with Crippen molar-refractivity contribution >= 4 is 56.7 Å². The van der Waals surface area contributed by atoms with Crippen LogP contribution in [0, 0.1) is 0 Å². The fourth-order valence-electron chi connectivity index (χ4n) is 4.40.